The highest BCUT2D eigenvalue weighted by Crippen LogP contribution is 2.20. The van der Waals surface area contributed by atoms with E-state index in [0.29, 0.717) is 29.4 Å². The standard InChI is InChI=1S/C17H16N4O2/c18-10-11-4-3-9-21(11)17(23)15(19)16(22)13-7-8-20-14-6-2-1-5-12(13)14/h1-2,5-8,11,15H,3-4,9,19H2. The van der Waals surface area contributed by atoms with Gasteiger partial charge in [0.05, 0.1) is 11.6 Å². The zero-order valence-electron chi connectivity index (χ0n) is 12.5. The number of carbonyl (C=O) groups excluding carboxylic acids is 2. The van der Waals surface area contributed by atoms with Crippen molar-refractivity contribution in [3.8, 4) is 6.07 Å². The van der Waals surface area contributed by atoms with Crippen molar-refractivity contribution in [2.75, 3.05) is 6.54 Å². The van der Waals surface area contributed by atoms with Gasteiger partial charge in [0.15, 0.2) is 5.78 Å². The zero-order chi connectivity index (χ0) is 16.4. The summed E-state index contributed by atoms with van der Waals surface area (Å²) in [6, 6.07) is 9.08. The Morgan fingerprint density at radius 1 is 1.35 bits per heavy atom. The van der Waals surface area contributed by atoms with Crippen LogP contribution in [0.4, 0.5) is 0 Å². The molecule has 116 valence electrons. The third kappa shape index (κ3) is 2.67. The van der Waals surface area contributed by atoms with Crippen molar-refractivity contribution in [1.82, 2.24) is 9.88 Å². The van der Waals surface area contributed by atoms with Gasteiger partial charge in [-0.15, -0.1) is 0 Å². The first-order valence-electron chi connectivity index (χ1n) is 7.47. The van der Waals surface area contributed by atoms with Crippen LogP contribution in [0.15, 0.2) is 36.5 Å². The van der Waals surface area contributed by atoms with Gasteiger partial charge in [0.2, 0.25) is 5.91 Å². The van der Waals surface area contributed by atoms with E-state index in [1.807, 2.05) is 6.07 Å². The number of nitrogens with zero attached hydrogens (tertiary/aromatic N) is 3. The van der Waals surface area contributed by atoms with E-state index in [1.165, 1.54) is 11.1 Å². The van der Waals surface area contributed by atoms with Gasteiger partial charge in [-0.05, 0) is 25.0 Å². The molecule has 6 nitrogen and oxygen atoms in total. The summed E-state index contributed by atoms with van der Waals surface area (Å²) in [6.07, 6.45) is 2.91. The minimum Gasteiger partial charge on any atom is -0.325 e. The van der Waals surface area contributed by atoms with Crippen LogP contribution in [0.2, 0.25) is 0 Å². The molecular formula is C17H16N4O2. The number of ketones is 1. The van der Waals surface area contributed by atoms with Gasteiger partial charge in [-0.1, -0.05) is 18.2 Å². The Balaban J connectivity index is 1.90. The van der Waals surface area contributed by atoms with Crippen LogP contribution in [0.1, 0.15) is 23.2 Å². The molecule has 2 N–H and O–H groups in total. The summed E-state index contributed by atoms with van der Waals surface area (Å²) >= 11 is 0. The van der Waals surface area contributed by atoms with Crippen molar-refractivity contribution >= 4 is 22.6 Å². The first-order chi connectivity index (χ1) is 11.1. The molecule has 6 heteroatoms. The Morgan fingerprint density at radius 2 is 2.13 bits per heavy atom. The van der Waals surface area contributed by atoms with Crippen molar-refractivity contribution in [2.45, 2.75) is 24.9 Å². The highest BCUT2D eigenvalue weighted by atomic mass is 16.2. The summed E-state index contributed by atoms with van der Waals surface area (Å²) in [6.45, 7) is 0.467. The largest absolute Gasteiger partial charge is 0.325 e. The molecule has 3 rings (SSSR count). The molecule has 2 atom stereocenters. The van der Waals surface area contributed by atoms with Crippen LogP contribution < -0.4 is 5.73 Å². The van der Waals surface area contributed by atoms with Crippen LogP contribution in [-0.2, 0) is 4.79 Å². The van der Waals surface area contributed by atoms with Gasteiger partial charge in [0.1, 0.15) is 12.1 Å². The predicted octanol–water partition coefficient (Wildman–Crippen LogP) is 1.26. The van der Waals surface area contributed by atoms with Gasteiger partial charge >= 0.3 is 0 Å². The van der Waals surface area contributed by atoms with E-state index >= 15 is 0 Å². The quantitative estimate of drug-likeness (QED) is 0.679. The molecule has 2 aromatic rings. The number of hydrogen-bond acceptors (Lipinski definition) is 5. The maximum absolute atomic E-state index is 12.7. The number of amides is 1. The van der Waals surface area contributed by atoms with Crippen LogP contribution >= 0.6 is 0 Å². The van der Waals surface area contributed by atoms with Gasteiger partial charge in [-0.2, -0.15) is 5.26 Å². The van der Waals surface area contributed by atoms with Crippen LogP contribution in [-0.4, -0.2) is 40.2 Å². The molecule has 2 heterocycles. The number of rotatable bonds is 3. The van der Waals surface area contributed by atoms with Gasteiger partial charge in [0, 0.05) is 23.7 Å². The third-order valence-corrected chi connectivity index (χ3v) is 4.15. The number of fused-ring (bicyclic) bond motifs is 1. The number of benzene rings is 1. The summed E-state index contributed by atoms with van der Waals surface area (Å²) in [5, 5.41) is 9.75. The fourth-order valence-electron chi connectivity index (χ4n) is 2.93. The van der Waals surface area contributed by atoms with E-state index in [2.05, 4.69) is 11.1 Å². The molecule has 0 spiro atoms. The summed E-state index contributed by atoms with van der Waals surface area (Å²) in [7, 11) is 0. The van der Waals surface area contributed by atoms with E-state index in [1.54, 1.807) is 24.3 Å². The van der Waals surface area contributed by atoms with E-state index in [0.717, 1.165) is 6.42 Å². The molecule has 1 aliphatic rings. The molecule has 1 saturated heterocycles. The molecule has 1 aromatic heterocycles. The minimum atomic E-state index is -1.30. The number of carbonyl (C=O) groups is 2. The monoisotopic (exact) mass is 308 g/mol. The van der Waals surface area contributed by atoms with Crippen LogP contribution in [0.3, 0.4) is 0 Å². The van der Waals surface area contributed by atoms with Crippen molar-refractivity contribution in [2.24, 2.45) is 5.73 Å². The second-order valence-corrected chi connectivity index (χ2v) is 5.54. The van der Waals surface area contributed by atoms with Crippen LogP contribution in [0.25, 0.3) is 10.9 Å². The van der Waals surface area contributed by atoms with E-state index in [4.69, 9.17) is 11.0 Å². The summed E-state index contributed by atoms with van der Waals surface area (Å²) in [5.41, 5.74) is 6.96. The Kier molecular flexibility index (Phi) is 4.04. The second-order valence-electron chi connectivity index (χ2n) is 5.54. The smallest absolute Gasteiger partial charge is 0.248 e. The minimum absolute atomic E-state index is 0.379. The van der Waals surface area contributed by atoms with Gasteiger partial charge in [-0.25, -0.2) is 0 Å². The number of nitriles is 1. The molecule has 0 bridgehead atoms. The normalized spacial score (nSPS) is 18.6. The Hall–Kier alpha value is -2.78. The molecule has 1 aromatic carbocycles. The Labute approximate surface area is 133 Å². The zero-order valence-corrected chi connectivity index (χ0v) is 12.5. The highest BCUT2D eigenvalue weighted by molar-refractivity contribution is 6.18. The lowest BCUT2D eigenvalue weighted by Crippen LogP contribution is -2.49. The Bertz CT molecular complexity index is 806. The average Bonchev–Trinajstić information content (AvgIpc) is 3.08. The van der Waals surface area contributed by atoms with Crippen LogP contribution in [0.5, 0.6) is 0 Å². The molecule has 1 amide bonds. The van der Waals surface area contributed by atoms with Gasteiger partial charge in [-0.3, -0.25) is 14.6 Å². The van der Waals surface area contributed by atoms with Gasteiger partial charge < -0.3 is 10.6 Å². The number of aromatic nitrogens is 1. The molecular weight excluding hydrogens is 292 g/mol. The summed E-state index contributed by atoms with van der Waals surface area (Å²) in [5.74, 6) is -0.933. The topological polar surface area (TPSA) is 100 Å². The molecule has 0 aliphatic carbocycles. The van der Waals surface area contributed by atoms with E-state index in [-0.39, 0.29) is 0 Å². The molecule has 1 fully saturated rings. The average molecular weight is 308 g/mol. The maximum atomic E-state index is 12.7. The predicted molar refractivity (Wildman–Crippen MR) is 84.4 cm³/mol. The number of para-hydroxylation sites is 1. The fourth-order valence-corrected chi connectivity index (χ4v) is 2.93. The molecule has 23 heavy (non-hydrogen) atoms. The fraction of sp³-hybridized carbons (Fsp3) is 0.294. The van der Waals surface area contributed by atoms with E-state index < -0.39 is 23.8 Å². The number of Topliss-reactive ketones (excluding diaryl/α,β-unsaturated/α-hetero) is 1. The third-order valence-electron chi connectivity index (χ3n) is 4.15. The van der Waals surface area contributed by atoms with Crippen molar-refractivity contribution in [3.05, 3.63) is 42.1 Å². The number of pyridine rings is 1. The van der Waals surface area contributed by atoms with Gasteiger partial charge in [0.25, 0.3) is 0 Å². The molecule has 2 unspecified atom stereocenters. The lowest BCUT2D eigenvalue weighted by molar-refractivity contribution is -0.131. The number of hydrogen-bond donors (Lipinski definition) is 1. The van der Waals surface area contributed by atoms with Crippen molar-refractivity contribution in [1.29, 1.82) is 5.26 Å². The molecule has 1 aliphatic heterocycles. The van der Waals surface area contributed by atoms with Crippen LogP contribution in [0, 0.1) is 11.3 Å². The Morgan fingerprint density at radius 3 is 2.91 bits per heavy atom. The first kappa shape index (κ1) is 15.1. The molecule has 0 saturated carbocycles. The summed E-state index contributed by atoms with van der Waals surface area (Å²) in [4.78, 5) is 30.8. The first-order valence-corrected chi connectivity index (χ1v) is 7.47. The lowest BCUT2D eigenvalue weighted by Gasteiger charge is -2.22. The SMILES string of the molecule is N#CC1CCCN1C(=O)C(N)C(=O)c1ccnc2ccccc12. The number of likely N-dealkylation sites (tertiary alicyclic amines) is 1. The number of nitrogens with two attached hydrogens (primary N) is 1. The highest BCUT2D eigenvalue weighted by Gasteiger charge is 2.35. The molecule has 0 radical (unpaired) electrons. The maximum Gasteiger partial charge on any atom is 0.248 e. The van der Waals surface area contributed by atoms with E-state index in [9.17, 15) is 9.59 Å². The second kappa shape index (κ2) is 6.15. The summed E-state index contributed by atoms with van der Waals surface area (Å²) < 4.78 is 0. The lowest BCUT2D eigenvalue weighted by atomic mass is 10.00. The van der Waals surface area contributed by atoms with Crippen molar-refractivity contribution < 1.29 is 9.59 Å². The van der Waals surface area contributed by atoms with Crippen molar-refractivity contribution in [3.63, 3.8) is 0 Å².